The summed E-state index contributed by atoms with van der Waals surface area (Å²) >= 11 is 0. The summed E-state index contributed by atoms with van der Waals surface area (Å²) in [6, 6.07) is 0. The van der Waals surface area contributed by atoms with E-state index in [9.17, 15) is 9.90 Å². The van der Waals surface area contributed by atoms with Crippen LogP contribution >= 0.6 is 0 Å². The Morgan fingerprint density at radius 1 is 1.37 bits per heavy atom. The van der Waals surface area contributed by atoms with Crippen LogP contribution < -0.4 is 5.69 Å². The number of morpholine rings is 1. The van der Waals surface area contributed by atoms with E-state index in [0.717, 1.165) is 13.1 Å². The van der Waals surface area contributed by atoms with Crippen LogP contribution in [-0.4, -0.2) is 55.8 Å². The fourth-order valence-corrected chi connectivity index (χ4v) is 2.17. The lowest BCUT2D eigenvalue weighted by molar-refractivity contribution is 0.0332. The van der Waals surface area contributed by atoms with Crippen molar-refractivity contribution in [2.45, 2.75) is 6.54 Å². The van der Waals surface area contributed by atoms with Crippen molar-refractivity contribution >= 4 is 11.2 Å². The summed E-state index contributed by atoms with van der Waals surface area (Å²) in [6.07, 6.45) is 0. The number of aromatic hydroxyl groups is 1. The van der Waals surface area contributed by atoms with E-state index in [0.29, 0.717) is 36.7 Å². The van der Waals surface area contributed by atoms with E-state index < -0.39 is 5.69 Å². The van der Waals surface area contributed by atoms with E-state index in [1.54, 1.807) is 7.05 Å². The zero-order valence-electron chi connectivity index (χ0n) is 10.6. The lowest BCUT2D eigenvalue weighted by Gasteiger charge is -2.25. The summed E-state index contributed by atoms with van der Waals surface area (Å²) in [5, 5.41) is 9.67. The average molecular weight is 265 g/mol. The Hall–Kier alpha value is -1.93. The molecule has 0 aromatic carbocycles. The summed E-state index contributed by atoms with van der Waals surface area (Å²) < 4.78 is 6.60. The fourth-order valence-electron chi connectivity index (χ4n) is 2.17. The number of aryl methyl sites for hydroxylation is 1. The van der Waals surface area contributed by atoms with Crippen LogP contribution in [0.25, 0.3) is 11.2 Å². The van der Waals surface area contributed by atoms with E-state index in [-0.39, 0.29) is 5.88 Å². The van der Waals surface area contributed by atoms with Gasteiger partial charge in [0, 0.05) is 20.1 Å². The molecule has 2 aromatic heterocycles. The SMILES string of the molecule is Cn1c(=O)nc(O)c2[nH]c(CN3CCOCC3)nc21. The van der Waals surface area contributed by atoms with Crippen molar-refractivity contribution in [3.63, 3.8) is 0 Å². The molecule has 0 radical (unpaired) electrons. The number of aromatic nitrogens is 4. The molecule has 102 valence electrons. The second kappa shape index (κ2) is 4.63. The number of hydrogen-bond donors (Lipinski definition) is 2. The number of ether oxygens (including phenoxy) is 1. The van der Waals surface area contributed by atoms with Crippen molar-refractivity contribution in [1.82, 2.24) is 24.4 Å². The van der Waals surface area contributed by atoms with Crippen LogP contribution in [0.5, 0.6) is 5.88 Å². The molecule has 1 aliphatic heterocycles. The number of rotatable bonds is 2. The van der Waals surface area contributed by atoms with Gasteiger partial charge >= 0.3 is 5.69 Å². The Labute approximate surface area is 108 Å². The van der Waals surface area contributed by atoms with E-state index in [4.69, 9.17) is 4.74 Å². The summed E-state index contributed by atoms with van der Waals surface area (Å²) in [5.41, 5.74) is 0.292. The number of nitrogens with zero attached hydrogens (tertiary/aromatic N) is 4. The first-order chi connectivity index (χ1) is 9.15. The third-order valence-electron chi connectivity index (χ3n) is 3.24. The highest BCUT2D eigenvalue weighted by Gasteiger charge is 2.16. The third-order valence-corrected chi connectivity index (χ3v) is 3.24. The third kappa shape index (κ3) is 2.20. The topological polar surface area (TPSA) is 96.3 Å². The molecular formula is C11H15N5O3. The first-order valence-corrected chi connectivity index (χ1v) is 6.10. The van der Waals surface area contributed by atoms with Crippen LogP contribution in [-0.2, 0) is 18.3 Å². The van der Waals surface area contributed by atoms with Gasteiger partial charge in [0.15, 0.2) is 5.65 Å². The van der Waals surface area contributed by atoms with E-state index in [2.05, 4.69) is 19.9 Å². The van der Waals surface area contributed by atoms with Gasteiger partial charge in [-0.2, -0.15) is 4.98 Å². The molecule has 8 heteroatoms. The Morgan fingerprint density at radius 2 is 2.11 bits per heavy atom. The molecule has 0 saturated carbocycles. The van der Waals surface area contributed by atoms with Gasteiger partial charge in [0.25, 0.3) is 0 Å². The lowest BCUT2D eigenvalue weighted by Crippen LogP contribution is -2.35. The Kier molecular flexibility index (Phi) is 2.96. The number of aromatic amines is 1. The summed E-state index contributed by atoms with van der Waals surface area (Å²) in [6.45, 7) is 3.75. The number of fused-ring (bicyclic) bond motifs is 1. The van der Waals surface area contributed by atoms with Crippen molar-refractivity contribution in [3.8, 4) is 5.88 Å². The Bertz CT molecular complexity index is 656. The van der Waals surface area contributed by atoms with E-state index >= 15 is 0 Å². The maximum atomic E-state index is 11.5. The maximum Gasteiger partial charge on any atom is 0.352 e. The quantitative estimate of drug-likeness (QED) is 0.737. The minimum Gasteiger partial charge on any atom is -0.492 e. The summed E-state index contributed by atoms with van der Waals surface area (Å²) in [4.78, 5) is 24.5. The first kappa shape index (κ1) is 12.1. The van der Waals surface area contributed by atoms with Crippen molar-refractivity contribution in [1.29, 1.82) is 0 Å². The van der Waals surface area contributed by atoms with E-state index in [1.807, 2.05) is 0 Å². The van der Waals surface area contributed by atoms with Gasteiger partial charge in [-0.05, 0) is 0 Å². The van der Waals surface area contributed by atoms with Gasteiger partial charge in [-0.25, -0.2) is 9.78 Å². The fraction of sp³-hybridized carbons (Fsp3) is 0.545. The lowest BCUT2D eigenvalue weighted by atomic mass is 10.4. The number of H-pyrrole nitrogens is 1. The predicted octanol–water partition coefficient (Wildman–Crippen LogP) is -0.806. The van der Waals surface area contributed by atoms with Crippen molar-refractivity contribution in [3.05, 3.63) is 16.3 Å². The molecule has 8 nitrogen and oxygen atoms in total. The molecule has 0 aliphatic carbocycles. The van der Waals surface area contributed by atoms with Crippen LogP contribution in [0, 0.1) is 0 Å². The first-order valence-electron chi connectivity index (χ1n) is 6.10. The highest BCUT2D eigenvalue weighted by molar-refractivity contribution is 5.75. The zero-order chi connectivity index (χ0) is 13.4. The van der Waals surface area contributed by atoms with Gasteiger partial charge in [0.2, 0.25) is 5.88 Å². The zero-order valence-corrected chi connectivity index (χ0v) is 10.6. The smallest absolute Gasteiger partial charge is 0.352 e. The molecule has 2 N–H and O–H groups in total. The van der Waals surface area contributed by atoms with Crippen molar-refractivity contribution in [2.24, 2.45) is 7.05 Å². The average Bonchev–Trinajstić information content (AvgIpc) is 2.82. The van der Waals surface area contributed by atoms with Gasteiger partial charge < -0.3 is 14.8 Å². The maximum absolute atomic E-state index is 11.5. The van der Waals surface area contributed by atoms with Crippen LogP contribution in [0.4, 0.5) is 0 Å². The number of nitrogens with one attached hydrogen (secondary N) is 1. The molecule has 1 fully saturated rings. The standard InChI is InChI=1S/C11H15N5O3/c1-15-9-8(10(17)14-11(15)18)12-7(13-9)6-16-2-4-19-5-3-16/h2-6H2,1H3,(H,12,13)(H,14,17,18). The van der Waals surface area contributed by atoms with Gasteiger partial charge in [-0.1, -0.05) is 0 Å². The minimum absolute atomic E-state index is 0.307. The molecule has 2 aromatic rings. The molecule has 0 atom stereocenters. The van der Waals surface area contributed by atoms with Crippen molar-refractivity contribution in [2.75, 3.05) is 26.3 Å². The largest absolute Gasteiger partial charge is 0.492 e. The van der Waals surface area contributed by atoms with Crippen LogP contribution in [0.15, 0.2) is 4.79 Å². The van der Waals surface area contributed by atoms with Crippen LogP contribution in [0.3, 0.4) is 0 Å². The Morgan fingerprint density at radius 3 is 2.84 bits per heavy atom. The molecule has 19 heavy (non-hydrogen) atoms. The molecular weight excluding hydrogens is 250 g/mol. The van der Waals surface area contributed by atoms with Gasteiger partial charge in [-0.3, -0.25) is 9.47 Å². The number of imidazole rings is 1. The van der Waals surface area contributed by atoms with Gasteiger partial charge in [0.1, 0.15) is 11.3 Å². The second-order valence-corrected chi connectivity index (χ2v) is 4.55. The second-order valence-electron chi connectivity index (χ2n) is 4.55. The molecule has 1 aliphatic rings. The molecule has 3 rings (SSSR count). The molecule has 1 saturated heterocycles. The molecule has 0 spiro atoms. The molecule has 0 bridgehead atoms. The van der Waals surface area contributed by atoms with Crippen molar-refractivity contribution < 1.29 is 9.84 Å². The van der Waals surface area contributed by atoms with E-state index in [1.165, 1.54) is 4.57 Å². The Balaban J connectivity index is 1.95. The normalized spacial score (nSPS) is 17.1. The highest BCUT2D eigenvalue weighted by Crippen LogP contribution is 2.17. The minimum atomic E-state index is -0.519. The summed E-state index contributed by atoms with van der Waals surface area (Å²) in [5.74, 6) is 0.397. The molecule has 0 unspecified atom stereocenters. The molecule has 0 amide bonds. The van der Waals surface area contributed by atoms with Crippen LogP contribution in [0.2, 0.25) is 0 Å². The van der Waals surface area contributed by atoms with Gasteiger partial charge in [-0.15, -0.1) is 0 Å². The monoisotopic (exact) mass is 265 g/mol. The highest BCUT2D eigenvalue weighted by atomic mass is 16.5. The number of hydrogen-bond acceptors (Lipinski definition) is 6. The molecule has 3 heterocycles. The van der Waals surface area contributed by atoms with Crippen LogP contribution in [0.1, 0.15) is 5.82 Å². The van der Waals surface area contributed by atoms with Gasteiger partial charge in [0.05, 0.1) is 19.8 Å². The summed E-state index contributed by atoms with van der Waals surface area (Å²) in [7, 11) is 1.58. The predicted molar refractivity (Wildman–Crippen MR) is 66.9 cm³/mol.